The van der Waals surface area contributed by atoms with E-state index in [-0.39, 0.29) is 5.82 Å². The van der Waals surface area contributed by atoms with Crippen molar-refractivity contribution in [2.24, 2.45) is 0 Å². The van der Waals surface area contributed by atoms with Crippen LogP contribution < -0.4 is 0 Å². The molecule has 0 aliphatic carbocycles. The summed E-state index contributed by atoms with van der Waals surface area (Å²) in [6.07, 6.45) is 1.98. The van der Waals surface area contributed by atoms with E-state index in [1.807, 2.05) is 10.6 Å². The lowest BCUT2D eigenvalue weighted by Gasteiger charge is -2.09. The quantitative estimate of drug-likeness (QED) is 0.716. The van der Waals surface area contributed by atoms with Crippen molar-refractivity contribution in [2.75, 3.05) is 0 Å². The topological polar surface area (TPSA) is 65.4 Å². The summed E-state index contributed by atoms with van der Waals surface area (Å²) in [5, 5.41) is 18.5. The second kappa shape index (κ2) is 6.52. The number of fused-ring (bicyclic) bond motifs is 1. The molecule has 0 saturated carbocycles. The number of nitriles is 2. The third kappa shape index (κ3) is 2.73. The second-order valence-corrected chi connectivity index (χ2v) is 5.56. The first kappa shape index (κ1) is 15.7. The van der Waals surface area contributed by atoms with Crippen LogP contribution in [0.3, 0.4) is 0 Å². The lowest BCUT2D eigenvalue weighted by molar-refractivity contribution is 0.627. The van der Waals surface area contributed by atoms with Crippen LogP contribution in [0.5, 0.6) is 0 Å². The molecule has 3 aromatic rings. The van der Waals surface area contributed by atoms with Gasteiger partial charge in [-0.3, -0.25) is 0 Å². The van der Waals surface area contributed by atoms with E-state index in [1.165, 1.54) is 12.1 Å². The molecule has 4 nitrogen and oxygen atoms in total. The minimum Gasteiger partial charge on any atom is -0.324 e. The van der Waals surface area contributed by atoms with Crippen molar-refractivity contribution in [1.29, 1.82) is 10.5 Å². The molecule has 0 saturated heterocycles. The highest BCUT2D eigenvalue weighted by molar-refractivity contribution is 5.84. The van der Waals surface area contributed by atoms with E-state index in [0.717, 1.165) is 36.3 Å². The van der Waals surface area contributed by atoms with Crippen LogP contribution in [0.4, 0.5) is 4.39 Å². The van der Waals surface area contributed by atoms with E-state index in [1.54, 1.807) is 24.3 Å². The van der Waals surface area contributed by atoms with Crippen molar-refractivity contribution >= 4 is 11.0 Å². The van der Waals surface area contributed by atoms with Gasteiger partial charge in [0.15, 0.2) is 0 Å². The minimum absolute atomic E-state index is 0.298. The van der Waals surface area contributed by atoms with Crippen molar-refractivity contribution < 1.29 is 4.39 Å². The van der Waals surface area contributed by atoms with Crippen molar-refractivity contribution in [3.63, 3.8) is 0 Å². The van der Waals surface area contributed by atoms with Crippen LogP contribution >= 0.6 is 0 Å². The summed E-state index contributed by atoms with van der Waals surface area (Å²) in [4.78, 5) is 4.63. The van der Waals surface area contributed by atoms with E-state index in [9.17, 15) is 14.9 Å². The van der Waals surface area contributed by atoms with E-state index in [0.29, 0.717) is 16.6 Å². The van der Waals surface area contributed by atoms with Gasteiger partial charge in [0.2, 0.25) is 0 Å². The van der Waals surface area contributed by atoms with Crippen LogP contribution in [0.25, 0.3) is 22.4 Å². The highest BCUT2D eigenvalue weighted by Crippen LogP contribution is 2.27. The molecule has 0 spiro atoms. The zero-order chi connectivity index (χ0) is 17.1. The van der Waals surface area contributed by atoms with E-state index in [2.05, 4.69) is 18.0 Å². The molecule has 0 aliphatic heterocycles. The Balaban J connectivity index is 2.26. The van der Waals surface area contributed by atoms with Crippen LogP contribution in [0.15, 0.2) is 36.4 Å². The zero-order valence-electron chi connectivity index (χ0n) is 13.3. The van der Waals surface area contributed by atoms with Gasteiger partial charge in [0.25, 0.3) is 0 Å². The predicted octanol–water partition coefficient (Wildman–Crippen LogP) is 4.39. The van der Waals surface area contributed by atoms with E-state index in [4.69, 9.17) is 0 Å². The Labute approximate surface area is 139 Å². The maximum absolute atomic E-state index is 13.2. The van der Waals surface area contributed by atoms with Gasteiger partial charge in [0.1, 0.15) is 23.8 Å². The Morgan fingerprint density at radius 2 is 1.75 bits per heavy atom. The average molecular weight is 318 g/mol. The molecule has 0 bridgehead atoms. The standard InChI is InChI=1S/C19H15FN4/c1-2-3-8-24-18-10-15(12-22)14(11-21)9-17(18)23-19(24)13-4-6-16(20)7-5-13/h4-7,9-10H,2-3,8H2,1H3. The Morgan fingerprint density at radius 3 is 2.38 bits per heavy atom. The molecule has 118 valence electrons. The largest absolute Gasteiger partial charge is 0.324 e. The number of hydrogen-bond acceptors (Lipinski definition) is 3. The number of rotatable bonds is 4. The number of nitrogens with zero attached hydrogens (tertiary/aromatic N) is 4. The van der Waals surface area contributed by atoms with Gasteiger partial charge in [0.05, 0.1) is 22.2 Å². The number of imidazole rings is 1. The van der Waals surface area contributed by atoms with Crippen LogP contribution in [-0.2, 0) is 6.54 Å². The maximum Gasteiger partial charge on any atom is 0.141 e. The summed E-state index contributed by atoms with van der Waals surface area (Å²) < 4.78 is 15.2. The first-order valence-electron chi connectivity index (χ1n) is 7.78. The van der Waals surface area contributed by atoms with Gasteiger partial charge in [-0.05, 0) is 42.8 Å². The van der Waals surface area contributed by atoms with Crippen molar-refractivity contribution in [2.45, 2.75) is 26.3 Å². The SMILES string of the molecule is CCCCn1c(-c2ccc(F)cc2)nc2cc(C#N)c(C#N)cc21. The van der Waals surface area contributed by atoms with Gasteiger partial charge < -0.3 is 4.57 Å². The van der Waals surface area contributed by atoms with Gasteiger partial charge in [-0.2, -0.15) is 10.5 Å². The fourth-order valence-corrected chi connectivity index (χ4v) is 2.72. The highest BCUT2D eigenvalue weighted by atomic mass is 19.1. The third-order valence-electron chi connectivity index (χ3n) is 3.97. The summed E-state index contributed by atoms with van der Waals surface area (Å²) in [5.41, 5.74) is 2.95. The first-order valence-corrected chi connectivity index (χ1v) is 7.78. The molecular weight excluding hydrogens is 303 g/mol. The molecule has 2 aromatic carbocycles. The van der Waals surface area contributed by atoms with E-state index < -0.39 is 0 Å². The fraction of sp³-hybridized carbons (Fsp3) is 0.211. The number of benzene rings is 2. The summed E-state index contributed by atoms with van der Waals surface area (Å²) in [6, 6.07) is 13.6. The molecule has 0 amide bonds. The van der Waals surface area contributed by atoms with Crippen LogP contribution in [-0.4, -0.2) is 9.55 Å². The highest BCUT2D eigenvalue weighted by Gasteiger charge is 2.15. The smallest absolute Gasteiger partial charge is 0.141 e. The van der Waals surface area contributed by atoms with Gasteiger partial charge in [0, 0.05) is 12.1 Å². The fourth-order valence-electron chi connectivity index (χ4n) is 2.72. The van der Waals surface area contributed by atoms with Crippen LogP contribution in [0.2, 0.25) is 0 Å². The summed E-state index contributed by atoms with van der Waals surface area (Å²) in [6.45, 7) is 2.85. The third-order valence-corrected chi connectivity index (χ3v) is 3.97. The Hall–Kier alpha value is -3.18. The molecule has 0 unspecified atom stereocenters. The Bertz CT molecular complexity index is 972. The number of aromatic nitrogens is 2. The van der Waals surface area contributed by atoms with Crippen molar-refractivity contribution in [3.8, 4) is 23.5 Å². The lowest BCUT2D eigenvalue weighted by Crippen LogP contribution is -2.01. The van der Waals surface area contributed by atoms with E-state index >= 15 is 0 Å². The predicted molar refractivity (Wildman–Crippen MR) is 89.5 cm³/mol. The minimum atomic E-state index is -0.298. The maximum atomic E-state index is 13.2. The van der Waals surface area contributed by atoms with Crippen molar-refractivity contribution in [1.82, 2.24) is 9.55 Å². The van der Waals surface area contributed by atoms with Gasteiger partial charge in [-0.1, -0.05) is 13.3 Å². The normalized spacial score (nSPS) is 10.5. The van der Waals surface area contributed by atoms with Gasteiger partial charge in [-0.15, -0.1) is 0 Å². The number of hydrogen-bond donors (Lipinski definition) is 0. The number of aryl methyl sites for hydroxylation is 1. The summed E-state index contributed by atoms with van der Waals surface area (Å²) >= 11 is 0. The molecule has 1 aromatic heterocycles. The Morgan fingerprint density at radius 1 is 1.08 bits per heavy atom. The summed E-state index contributed by atoms with van der Waals surface area (Å²) in [5.74, 6) is 0.422. The Kier molecular flexibility index (Phi) is 4.26. The molecule has 1 heterocycles. The lowest BCUT2D eigenvalue weighted by atomic mass is 10.1. The zero-order valence-corrected chi connectivity index (χ0v) is 13.3. The van der Waals surface area contributed by atoms with Gasteiger partial charge in [-0.25, -0.2) is 9.37 Å². The molecule has 5 heteroatoms. The van der Waals surface area contributed by atoms with Crippen molar-refractivity contribution in [3.05, 3.63) is 53.3 Å². The second-order valence-electron chi connectivity index (χ2n) is 5.56. The molecule has 3 rings (SSSR count). The first-order chi connectivity index (χ1) is 11.7. The molecule has 0 radical (unpaired) electrons. The van der Waals surface area contributed by atoms with Crippen LogP contribution in [0.1, 0.15) is 30.9 Å². The summed E-state index contributed by atoms with van der Waals surface area (Å²) in [7, 11) is 0. The molecule has 0 N–H and O–H groups in total. The van der Waals surface area contributed by atoms with Crippen LogP contribution in [0, 0.1) is 28.5 Å². The molecule has 0 atom stereocenters. The van der Waals surface area contributed by atoms with Gasteiger partial charge >= 0.3 is 0 Å². The number of unbranched alkanes of at least 4 members (excludes halogenated alkanes) is 1. The molecule has 0 fully saturated rings. The molecule has 0 aliphatic rings. The monoisotopic (exact) mass is 318 g/mol. The average Bonchev–Trinajstić information content (AvgIpc) is 2.96. The molecule has 24 heavy (non-hydrogen) atoms. The molecular formula is C19H15FN4. The number of halogens is 1.